The summed E-state index contributed by atoms with van der Waals surface area (Å²) in [4.78, 5) is 24.3. The molecule has 1 atom stereocenters. The van der Waals surface area contributed by atoms with Crippen molar-refractivity contribution in [3.05, 3.63) is 51.0 Å². The minimum atomic E-state index is -0.849. The molecule has 0 amide bonds. The van der Waals surface area contributed by atoms with Gasteiger partial charge in [0.1, 0.15) is 23.2 Å². The topological polar surface area (TPSA) is 121 Å². The average molecular weight is 479 g/mol. The average Bonchev–Trinajstić information content (AvgIpc) is 2.69. The summed E-state index contributed by atoms with van der Waals surface area (Å²) in [7, 11) is 0. The molecule has 30 heavy (non-hydrogen) atoms. The van der Waals surface area contributed by atoms with E-state index in [1.807, 2.05) is 6.07 Å². The van der Waals surface area contributed by atoms with Gasteiger partial charge in [0.15, 0.2) is 0 Å². The van der Waals surface area contributed by atoms with Crippen LogP contribution in [0.4, 0.5) is 0 Å². The molecule has 0 saturated carbocycles. The molecule has 1 heterocycles. The first-order valence-electron chi connectivity index (χ1n) is 9.37. The Bertz CT molecular complexity index is 932. The molecule has 1 aliphatic heterocycles. The third-order valence-corrected chi connectivity index (χ3v) is 4.75. The summed E-state index contributed by atoms with van der Waals surface area (Å²) in [6, 6.07) is 7.20. The van der Waals surface area contributed by atoms with Crippen LogP contribution in [0.1, 0.15) is 38.7 Å². The number of nitrogens with two attached hydrogens (primary N) is 1. The monoisotopic (exact) mass is 478 g/mol. The summed E-state index contributed by atoms with van der Waals surface area (Å²) < 4.78 is 22.0. The molecule has 0 aliphatic carbocycles. The van der Waals surface area contributed by atoms with Crippen molar-refractivity contribution in [1.82, 2.24) is 0 Å². The summed E-state index contributed by atoms with van der Waals surface area (Å²) in [5.74, 6) is -1.30. The molecule has 0 bridgehead atoms. The van der Waals surface area contributed by atoms with Gasteiger partial charge in [0.05, 0.1) is 37.7 Å². The number of ether oxygens (including phenoxy) is 4. The molecule has 2 rings (SSSR count). The minimum absolute atomic E-state index is 0.0554. The number of halogens is 1. The zero-order valence-corrected chi connectivity index (χ0v) is 18.6. The van der Waals surface area contributed by atoms with Gasteiger partial charge in [0, 0.05) is 10.0 Å². The number of carbonyl (C=O) groups is 2. The molecular formula is C21H23BrN2O6. The van der Waals surface area contributed by atoms with E-state index in [-0.39, 0.29) is 55.0 Å². The standard InChI is InChI=1S/C21H23BrN2O6/c1-4-27-17(25)8-9-29-16-7-6-13(22)10-14(16)19-15(11-23)20(24)30-12(3)18(19)21(26)28-5-2/h6-7,10,19H,4-5,8-9,24H2,1-3H3. The van der Waals surface area contributed by atoms with Crippen molar-refractivity contribution in [2.75, 3.05) is 19.8 Å². The summed E-state index contributed by atoms with van der Waals surface area (Å²) in [6.45, 7) is 5.50. The van der Waals surface area contributed by atoms with E-state index in [0.29, 0.717) is 15.8 Å². The maximum atomic E-state index is 12.7. The number of allylic oxidation sites excluding steroid dienone is 2. The molecule has 1 aromatic carbocycles. The first-order valence-corrected chi connectivity index (χ1v) is 10.2. The first-order chi connectivity index (χ1) is 14.3. The Kier molecular flexibility index (Phi) is 8.30. The summed E-state index contributed by atoms with van der Waals surface area (Å²) in [6.07, 6.45) is 0.0554. The Labute approximate surface area is 183 Å². The second-order valence-electron chi connectivity index (χ2n) is 6.20. The van der Waals surface area contributed by atoms with Gasteiger partial charge in [-0.25, -0.2) is 4.79 Å². The maximum Gasteiger partial charge on any atom is 0.338 e. The third-order valence-electron chi connectivity index (χ3n) is 4.25. The summed E-state index contributed by atoms with van der Waals surface area (Å²) in [5.41, 5.74) is 6.68. The lowest BCUT2D eigenvalue weighted by atomic mass is 9.82. The normalized spacial score (nSPS) is 15.9. The lowest BCUT2D eigenvalue weighted by Gasteiger charge is -2.28. The van der Waals surface area contributed by atoms with Crippen LogP contribution in [-0.4, -0.2) is 31.8 Å². The van der Waals surface area contributed by atoms with Gasteiger partial charge < -0.3 is 24.7 Å². The van der Waals surface area contributed by atoms with E-state index >= 15 is 0 Å². The van der Waals surface area contributed by atoms with Crippen molar-refractivity contribution in [2.45, 2.75) is 33.1 Å². The van der Waals surface area contributed by atoms with E-state index in [0.717, 1.165) is 0 Å². The molecule has 0 spiro atoms. The van der Waals surface area contributed by atoms with Crippen molar-refractivity contribution in [1.29, 1.82) is 5.26 Å². The lowest BCUT2D eigenvalue weighted by Crippen LogP contribution is -2.26. The predicted octanol–water partition coefficient (Wildman–Crippen LogP) is 3.43. The number of rotatable bonds is 8. The molecule has 1 aliphatic rings. The van der Waals surface area contributed by atoms with Crippen molar-refractivity contribution in [3.63, 3.8) is 0 Å². The van der Waals surface area contributed by atoms with Gasteiger partial charge in [-0.1, -0.05) is 15.9 Å². The van der Waals surface area contributed by atoms with Crippen LogP contribution in [0.15, 0.2) is 45.5 Å². The number of hydrogen-bond acceptors (Lipinski definition) is 8. The van der Waals surface area contributed by atoms with Crippen molar-refractivity contribution >= 4 is 27.9 Å². The van der Waals surface area contributed by atoms with Gasteiger partial charge >= 0.3 is 11.9 Å². The number of hydrogen-bond donors (Lipinski definition) is 1. The van der Waals surface area contributed by atoms with E-state index < -0.39 is 11.9 Å². The van der Waals surface area contributed by atoms with Crippen LogP contribution in [-0.2, 0) is 23.8 Å². The number of carbonyl (C=O) groups excluding carboxylic acids is 2. The van der Waals surface area contributed by atoms with Gasteiger partial charge in [0.2, 0.25) is 5.88 Å². The van der Waals surface area contributed by atoms with Crippen molar-refractivity contribution in [2.24, 2.45) is 5.73 Å². The van der Waals surface area contributed by atoms with Crippen molar-refractivity contribution < 1.29 is 28.5 Å². The lowest BCUT2D eigenvalue weighted by molar-refractivity contribution is -0.143. The van der Waals surface area contributed by atoms with Crippen LogP contribution < -0.4 is 10.5 Å². The Morgan fingerprint density at radius 2 is 1.97 bits per heavy atom. The molecule has 9 heteroatoms. The molecular weight excluding hydrogens is 456 g/mol. The highest BCUT2D eigenvalue weighted by Crippen LogP contribution is 2.43. The fourth-order valence-electron chi connectivity index (χ4n) is 3.02. The van der Waals surface area contributed by atoms with Crippen LogP contribution in [0.3, 0.4) is 0 Å². The number of nitrogens with zero attached hydrogens (tertiary/aromatic N) is 1. The largest absolute Gasteiger partial charge is 0.493 e. The second kappa shape index (κ2) is 10.7. The molecule has 1 aromatic rings. The quantitative estimate of drug-likeness (QED) is 0.563. The van der Waals surface area contributed by atoms with Gasteiger partial charge in [-0.2, -0.15) is 5.26 Å². The van der Waals surface area contributed by atoms with Crippen molar-refractivity contribution in [3.8, 4) is 11.8 Å². The van der Waals surface area contributed by atoms with Gasteiger partial charge in [0.25, 0.3) is 0 Å². The van der Waals surface area contributed by atoms with Gasteiger partial charge in [-0.05, 0) is 39.0 Å². The Hall–Kier alpha value is -2.99. The third kappa shape index (κ3) is 5.33. The first kappa shape index (κ1) is 23.3. The van der Waals surface area contributed by atoms with Crippen LogP contribution in [0, 0.1) is 11.3 Å². The van der Waals surface area contributed by atoms with E-state index in [1.165, 1.54) is 0 Å². The SMILES string of the molecule is CCOC(=O)CCOc1ccc(Br)cc1C1C(C#N)=C(N)OC(C)=C1C(=O)OCC. The smallest absolute Gasteiger partial charge is 0.338 e. The molecule has 1 unspecified atom stereocenters. The number of esters is 2. The van der Waals surface area contributed by atoms with E-state index in [1.54, 1.807) is 39.0 Å². The highest BCUT2D eigenvalue weighted by molar-refractivity contribution is 9.10. The maximum absolute atomic E-state index is 12.7. The fraction of sp³-hybridized carbons (Fsp3) is 0.381. The van der Waals surface area contributed by atoms with Crippen LogP contribution in [0.25, 0.3) is 0 Å². The Balaban J connectivity index is 2.50. The van der Waals surface area contributed by atoms with E-state index in [4.69, 9.17) is 24.7 Å². The summed E-state index contributed by atoms with van der Waals surface area (Å²) >= 11 is 3.41. The molecule has 0 aromatic heterocycles. The zero-order valence-electron chi connectivity index (χ0n) is 17.0. The van der Waals surface area contributed by atoms with Gasteiger partial charge in [-0.15, -0.1) is 0 Å². The summed E-state index contributed by atoms with van der Waals surface area (Å²) in [5, 5.41) is 9.72. The van der Waals surface area contributed by atoms with Crippen LogP contribution >= 0.6 is 15.9 Å². The molecule has 2 N–H and O–H groups in total. The second-order valence-corrected chi connectivity index (χ2v) is 7.12. The fourth-order valence-corrected chi connectivity index (χ4v) is 3.40. The van der Waals surface area contributed by atoms with Crippen LogP contribution in [0.2, 0.25) is 0 Å². The van der Waals surface area contributed by atoms with Gasteiger partial charge in [-0.3, -0.25) is 4.79 Å². The Morgan fingerprint density at radius 1 is 1.27 bits per heavy atom. The Morgan fingerprint density at radius 3 is 2.60 bits per heavy atom. The highest BCUT2D eigenvalue weighted by atomic mass is 79.9. The molecule has 8 nitrogen and oxygen atoms in total. The van der Waals surface area contributed by atoms with Crippen LogP contribution in [0.5, 0.6) is 5.75 Å². The molecule has 160 valence electrons. The van der Waals surface area contributed by atoms with E-state index in [2.05, 4.69) is 15.9 Å². The molecule has 0 radical (unpaired) electrons. The predicted molar refractivity (Wildman–Crippen MR) is 111 cm³/mol. The van der Waals surface area contributed by atoms with E-state index in [9.17, 15) is 14.9 Å². The number of benzene rings is 1. The molecule has 0 saturated heterocycles. The number of nitriles is 1. The zero-order chi connectivity index (χ0) is 22.3. The minimum Gasteiger partial charge on any atom is -0.493 e. The molecule has 0 fully saturated rings. The highest BCUT2D eigenvalue weighted by Gasteiger charge is 2.38.